The van der Waals surface area contributed by atoms with Gasteiger partial charge in [-0.15, -0.1) is 0 Å². The lowest BCUT2D eigenvalue weighted by Crippen LogP contribution is -2.27. The number of aryl methyl sites for hydroxylation is 2. The first-order valence-corrected chi connectivity index (χ1v) is 16.1. The molecule has 0 aliphatic heterocycles. The second kappa shape index (κ2) is 10.2. The Morgan fingerprint density at radius 3 is 2.36 bits per heavy atom. The lowest BCUT2D eigenvalue weighted by Gasteiger charge is -2.43. The van der Waals surface area contributed by atoms with Crippen molar-refractivity contribution in [3.05, 3.63) is 66.6 Å². The summed E-state index contributed by atoms with van der Waals surface area (Å²) in [6, 6.07) is 8.05. The Kier molecular flexibility index (Phi) is 7.53. The van der Waals surface area contributed by atoms with Crippen LogP contribution in [0, 0.1) is 13.8 Å². The monoisotopic (exact) mass is 569 g/mol. The van der Waals surface area contributed by atoms with Crippen LogP contribution in [0.25, 0.3) is 31.6 Å². The summed E-state index contributed by atoms with van der Waals surface area (Å²) >= 11 is 1.11. The Labute approximate surface area is 235 Å². The summed E-state index contributed by atoms with van der Waals surface area (Å²) in [5, 5.41) is 4.98. The first kappa shape index (κ1) is 28.9. The van der Waals surface area contributed by atoms with Gasteiger partial charge >= 0.3 is 4.87 Å². The number of benzene rings is 2. The molecule has 0 unspecified atom stereocenters. The van der Waals surface area contributed by atoms with E-state index in [0.717, 1.165) is 38.1 Å². The SMILES string of the molecule is Cc1c(C(C)(C)C)ccc2[nH]c(O[C@@H](CN=[N+]=[N-])c3ccc(OS(C)(C)C(C)(C)C)c4[nH]c(=O)sc34)c(C)c12. The Bertz CT molecular complexity index is 1640. The van der Waals surface area contributed by atoms with E-state index in [1.165, 1.54) is 11.1 Å². The molecule has 4 aromatic rings. The van der Waals surface area contributed by atoms with E-state index in [1.54, 1.807) is 0 Å². The first-order chi connectivity index (χ1) is 18.0. The third-order valence-corrected chi connectivity index (χ3v) is 12.0. The zero-order valence-corrected chi connectivity index (χ0v) is 26.1. The fraction of sp³-hybridized carbons (Fsp3) is 0.483. The fourth-order valence-corrected chi connectivity index (χ4v) is 6.46. The van der Waals surface area contributed by atoms with Gasteiger partial charge < -0.3 is 18.9 Å². The van der Waals surface area contributed by atoms with Crippen molar-refractivity contribution >= 4 is 42.8 Å². The summed E-state index contributed by atoms with van der Waals surface area (Å²) in [7, 11) is -1.49. The van der Waals surface area contributed by atoms with E-state index < -0.39 is 16.4 Å². The van der Waals surface area contributed by atoms with Crippen LogP contribution in [-0.2, 0) is 5.41 Å². The van der Waals surface area contributed by atoms with Crippen molar-refractivity contribution < 1.29 is 8.92 Å². The molecule has 1 atom stereocenters. The van der Waals surface area contributed by atoms with E-state index in [9.17, 15) is 4.79 Å². The normalized spacial score (nSPS) is 13.9. The maximum atomic E-state index is 12.6. The van der Waals surface area contributed by atoms with Crippen LogP contribution in [0.3, 0.4) is 0 Å². The van der Waals surface area contributed by atoms with Gasteiger partial charge in [-0.3, -0.25) is 4.79 Å². The minimum absolute atomic E-state index is 0.0114. The van der Waals surface area contributed by atoms with Crippen LogP contribution in [0.2, 0.25) is 0 Å². The molecule has 2 aromatic heterocycles. The van der Waals surface area contributed by atoms with Gasteiger partial charge in [0.2, 0.25) is 0 Å². The number of thiazole rings is 1. The molecule has 2 heterocycles. The highest BCUT2D eigenvalue weighted by atomic mass is 32.3. The molecule has 8 nitrogen and oxygen atoms in total. The first-order valence-electron chi connectivity index (χ1n) is 12.9. The molecule has 0 aliphatic carbocycles. The van der Waals surface area contributed by atoms with Gasteiger partial charge in [0.25, 0.3) is 0 Å². The highest BCUT2D eigenvalue weighted by molar-refractivity contribution is 8.30. The Morgan fingerprint density at radius 2 is 1.74 bits per heavy atom. The lowest BCUT2D eigenvalue weighted by molar-refractivity contribution is 0.207. The zero-order chi connectivity index (χ0) is 28.9. The molecular weight excluding hydrogens is 530 g/mol. The Morgan fingerprint density at radius 1 is 1.05 bits per heavy atom. The highest BCUT2D eigenvalue weighted by Crippen LogP contribution is 2.54. The van der Waals surface area contributed by atoms with Gasteiger partial charge in [0.15, 0.2) is 11.6 Å². The molecule has 0 fully saturated rings. The fourth-order valence-electron chi connectivity index (χ4n) is 4.71. The van der Waals surface area contributed by atoms with E-state index in [-0.39, 0.29) is 21.6 Å². The number of aromatic amines is 2. The number of azide groups is 1. The van der Waals surface area contributed by atoms with Crippen LogP contribution < -0.4 is 13.8 Å². The minimum atomic E-state index is -1.49. The average molecular weight is 570 g/mol. The van der Waals surface area contributed by atoms with Crippen LogP contribution in [0.4, 0.5) is 0 Å². The molecule has 0 bridgehead atoms. The van der Waals surface area contributed by atoms with Crippen LogP contribution in [-0.4, -0.2) is 33.8 Å². The summed E-state index contributed by atoms with van der Waals surface area (Å²) in [6.45, 7) is 17.3. The van der Waals surface area contributed by atoms with Crippen LogP contribution in [0.15, 0.2) is 34.2 Å². The largest absolute Gasteiger partial charge is 0.470 e. The van der Waals surface area contributed by atoms with Gasteiger partial charge in [0, 0.05) is 31.7 Å². The molecule has 0 saturated carbocycles. The third kappa shape index (κ3) is 5.51. The van der Waals surface area contributed by atoms with Crippen LogP contribution in [0.1, 0.15) is 69.9 Å². The molecule has 2 N–H and O–H groups in total. The summed E-state index contributed by atoms with van der Waals surface area (Å²) in [5.74, 6) is 1.25. The summed E-state index contributed by atoms with van der Waals surface area (Å²) < 4.78 is 13.8. The predicted molar refractivity (Wildman–Crippen MR) is 166 cm³/mol. The molecule has 0 aliphatic rings. The van der Waals surface area contributed by atoms with Crippen molar-refractivity contribution in [1.29, 1.82) is 0 Å². The molecular formula is C29H39N5O3S2. The number of rotatable bonds is 7. The molecule has 10 heteroatoms. The quantitative estimate of drug-likeness (QED) is 0.132. The Hall–Kier alpha value is -3.07. The zero-order valence-electron chi connectivity index (χ0n) is 24.5. The third-order valence-electron chi connectivity index (χ3n) is 7.50. The van der Waals surface area contributed by atoms with Crippen molar-refractivity contribution in [2.24, 2.45) is 5.11 Å². The Balaban J connectivity index is 1.81. The second-order valence-electron chi connectivity index (χ2n) is 12.3. The molecule has 39 heavy (non-hydrogen) atoms. The minimum Gasteiger partial charge on any atom is -0.470 e. The maximum Gasteiger partial charge on any atom is 0.305 e. The van der Waals surface area contributed by atoms with Crippen molar-refractivity contribution in [3.63, 3.8) is 0 Å². The molecule has 0 radical (unpaired) electrons. The van der Waals surface area contributed by atoms with Crippen LogP contribution >= 0.6 is 21.6 Å². The van der Waals surface area contributed by atoms with Crippen molar-refractivity contribution in [1.82, 2.24) is 9.97 Å². The van der Waals surface area contributed by atoms with Crippen LogP contribution in [0.5, 0.6) is 11.6 Å². The molecule has 2 aromatic carbocycles. The van der Waals surface area contributed by atoms with Gasteiger partial charge in [0.05, 0.1) is 11.2 Å². The molecule has 210 valence electrons. The van der Waals surface area contributed by atoms with E-state index in [1.807, 2.05) is 19.1 Å². The van der Waals surface area contributed by atoms with Crippen molar-refractivity contribution in [3.8, 4) is 11.6 Å². The average Bonchev–Trinajstić information content (AvgIpc) is 3.35. The van der Waals surface area contributed by atoms with E-state index in [2.05, 4.69) is 93.1 Å². The molecule has 4 rings (SSSR count). The van der Waals surface area contributed by atoms with Gasteiger partial charge in [-0.05, 0) is 81.3 Å². The number of fused-ring (bicyclic) bond motifs is 2. The van der Waals surface area contributed by atoms with Crippen molar-refractivity contribution in [2.75, 3.05) is 19.1 Å². The standard InChI is InChI=1S/C29H39N5O3S2/c1-16-19(28(3,4)5)12-13-20-23(16)17(2)26(32-20)36-22(15-31-34-30)18-11-14-21(24-25(18)38-27(35)33-24)37-39(9,10)29(6,7)8/h11-14,22,32H,15H2,1-10H3,(H,33,35)/t22-/m0/s1. The number of aromatic nitrogens is 2. The lowest BCUT2D eigenvalue weighted by atomic mass is 9.83. The molecule has 0 spiro atoms. The summed E-state index contributed by atoms with van der Waals surface area (Å²) in [4.78, 5) is 21.8. The number of ether oxygens (including phenoxy) is 1. The van der Waals surface area contributed by atoms with Gasteiger partial charge in [-0.1, -0.05) is 59.7 Å². The van der Waals surface area contributed by atoms with E-state index in [4.69, 9.17) is 14.5 Å². The van der Waals surface area contributed by atoms with Crippen molar-refractivity contribution in [2.45, 2.75) is 71.7 Å². The number of nitrogens with one attached hydrogen (secondary N) is 2. The van der Waals surface area contributed by atoms with Gasteiger partial charge in [-0.2, -0.15) is 0 Å². The summed E-state index contributed by atoms with van der Waals surface area (Å²) in [5.41, 5.74) is 15.0. The smallest absolute Gasteiger partial charge is 0.305 e. The topological polar surface area (TPSA) is 116 Å². The molecule has 0 amide bonds. The van der Waals surface area contributed by atoms with E-state index in [0.29, 0.717) is 17.1 Å². The highest BCUT2D eigenvalue weighted by Gasteiger charge is 2.31. The molecule has 0 saturated heterocycles. The number of H-pyrrole nitrogens is 2. The predicted octanol–water partition coefficient (Wildman–Crippen LogP) is 8.57. The van der Waals surface area contributed by atoms with E-state index >= 15 is 0 Å². The number of hydrogen-bond donors (Lipinski definition) is 2. The van der Waals surface area contributed by atoms with Gasteiger partial charge in [-0.25, -0.2) is 0 Å². The number of hydrogen-bond acceptors (Lipinski definition) is 5. The number of nitrogens with zero attached hydrogens (tertiary/aromatic N) is 3. The second-order valence-corrected chi connectivity index (χ2v) is 17.2. The summed E-state index contributed by atoms with van der Waals surface area (Å²) in [6.07, 6.45) is 3.63. The maximum absolute atomic E-state index is 12.6. The van der Waals surface area contributed by atoms with Gasteiger partial charge in [0.1, 0.15) is 11.6 Å².